The lowest BCUT2D eigenvalue weighted by atomic mass is 9.98. The molecule has 3 atom stereocenters. The highest BCUT2D eigenvalue weighted by atomic mass is 32.2. The lowest BCUT2D eigenvalue weighted by molar-refractivity contribution is -0.192. The predicted molar refractivity (Wildman–Crippen MR) is 128 cm³/mol. The molecule has 1 aromatic carbocycles. The van der Waals surface area contributed by atoms with E-state index in [1.165, 1.54) is 13.3 Å². The van der Waals surface area contributed by atoms with Crippen molar-refractivity contribution in [3.8, 4) is 0 Å². The number of nitrogens with zero attached hydrogens (tertiary/aromatic N) is 2. The third-order valence-electron chi connectivity index (χ3n) is 5.23. The van der Waals surface area contributed by atoms with Gasteiger partial charge in [-0.1, -0.05) is 24.3 Å². The minimum absolute atomic E-state index is 0.0221. The highest BCUT2D eigenvalue weighted by Gasteiger charge is 2.67. The fraction of sp³-hybridized carbons (Fsp3) is 0.227. The second kappa shape index (κ2) is 10.4. The fourth-order valence-corrected chi connectivity index (χ4v) is 6.82. The van der Waals surface area contributed by atoms with Crippen LogP contribution < -0.4 is 5.32 Å². The molecule has 182 valence electrons. The van der Waals surface area contributed by atoms with Crippen molar-refractivity contribution in [1.82, 2.24) is 15.2 Å². The first kappa shape index (κ1) is 25.3. The van der Waals surface area contributed by atoms with Crippen molar-refractivity contribution in [2.45, 2.75) is 21.0 Å². The third kappa shape index (κ3) is 4.82. The van der Waals surface area contributed by atoms with Gasteiger partial charge in [0.15, 0.2) is 10.6 Å². The van der Waals surface area contributed by atoms with Gasteiger partial charge in [-0.25, -0.2) is 9.78 Å². The van der Waals surface area contributed by atoms with Gasteiger partial charge in [-0.05, 0) is 47.2 Å². The molecule has 1 fully saturated rings. The monoisotopic (exact) mass is 533 g/mol. The number of carboxylic acids is 1. The number of carboxylic acid groups (broad SMARTS) is 1. The SMILES string of the molecule is CO[C@@]1(NC(=O)C[S+]([O-])c2ccccc2)C(=O)N2C(C(=O)O)=C(C(=O)Sc3ccccn3)CS[C@H]21. The van der Waals surface area contributed by atoms with Gasteiger partial charge in [-0.15, -0.1) is 11.8 Å². The Morgan fingerprint density at radius 1 is 1.29 bits per heavy atom. The summed E-state index contributed by atoms with van der Waals surface area (Å²) in [5.74, 6) is -3.41. The minimum Gasteiger partial charge on any atom is -0.611 e. The van der Waals surface area contributed by atoms with Gasteiger partial charge in [-0.3, -0.25) is 19.3 Å². The number of pyridine rings is 1. The summed E-state index contributed by atoms with van der Waals surface area (Å²) in [6, 6.07) is 13.4. The van der Waals surface area contributed by atoms with Gasteiger partial charge in [0.2, 0.25) is 5.12 Å². The van der Waals surface area contributed by atoms with Crippen molar-refractivity contribution < 1.29 is 33.6 Å². The fourth-order valence-electron chi connectivity index (χ4n) is 3.62. The molecular formula is C22H19N3O7S3. The van der Waals surface area contributed by atoms with Crippen LogP contribution in [0.1, 0.15) is 0 Å². The molecule has 2 N–H and O–H groups in total. The summed E-state index contributed by atoms with van der Waals surface area (Å²) >= 11 is 0.200. The summed E-state index contributed by atoms with van der Waals surface area (Å²) < 4.78 is 17.9. The lowest BCUT2D eigenvalue weighted by Crippen LogP contribution is -2.81. The van der Waals surface area contributed by atoms with E-state index < -0.39 is 56.6 Å². The van der Waals surface area contributed by atoms with Crippen LogP contribution in [-0.2, 0) is 35.1 Å². The highest BCUT2D eigenvalue weighted by molar-refractivity contribution is 8.14. The van der Waals surface area contributed by atoms with E-state index in [9.17, 15) is 28.8 Å². The maximum Gasteiger partial charge on any atom is 0.353 e. The van der Waals surface area contributed by atoms with E-state index in [2.05, 4.69) is 10.3 Å². The first-order valence-corrected chi connectivity index (χ1v) is 13.3. The van der Waals surface area contributed by atoms with Crippen LogP contribution in [-0.4, -0.2) is 72.2 Å². The van der Waals surface area contributed by atoms with Gasteiger partial charge in [0.05, 0.1) is 0 Å². The Bertz CT molecular complexity index is 1200. The molecule has 4 rings (SSSR count). The van der Waals surface area contributed by atoms with Crippen LogP contribution in [0.15, 0.2) is 75.9 Å². The number of aromatic nitrogens is 1. The average molecular weight is 534 g/mol. The number of amides is 2. The molecule has 2 aliphatic rings. The number of β-lactam (4-membered cyclic amide) rings is 1. The van der Waals surface area contributed by atoms with E-state index in [0.29, 0.717) is 9.92 Å². The number of rotatable bonds is 8. The van der Waals surface area contributed by atoms with E-state index in [1.54, 1.807) is 48.5 Å². The lowest BCUT2D eigenvalue weighted by Gasteiger charge is -2.55. The third-order valence-corrected chi connectivity index (χ3v) is 8.75. The number of benzene rings is 1. The summed E-state index contributed by atoms with van der Waals surface area (Å²) in [6.07, 6.45) is 1.51. The smallest absolute Gasteiger partial charge is 0.353 e. The molecule has 0 saturated carbocycles. The molecule has 1 aromatic heterocycles. The zero-order chi connectivity index (χ0) is 25.2. The number of thioether (sulfide) groups is 2. The Hall–Kier alpha value is -2.84. The van der Waals surface area contributed by atoms with Gasteiger partial charge in [-0.2, -0.15) is 0 Å². The van der Waals surface area contributed by atoms with E-state index in [4.69, 9.17) is 4.74 Å². The van der Waals surface area contributed by atoms with Crippen LogP contribution in [0.5, 0.6) is 0 Å². The molecular weight excluding hydrogens is 514 g/mol. The Morgan fingerprint density at radius 3 is 2.63 bits per heavy atom. The molecule has 35 heavy (non-hydrogen) atoms. The van der Waals surface area contributed by atoms with Gasteiger partial charge < -0.3 is 19.7 Å². The second-order valence-electron chi connectivity index (χ2n) is 7.32. The summed E-state index contributed by atoms with van der Waals surface area (Å²) in [7, 11) is 1.21. The van der Waals surface area contributed by atoms with Crippen molar-refractivity contribution in [2.75, 3.05) is 18.6 Å². The quantitative estimate of drug-likeness (QED) is 0.220. The van der Waals surface area contributed by atoms with Crippen LogP contribution in [0.2, 0.25) is 0 Å². The number of hydrogen-bond donors (Lipinski definition) is 2. The standard InChI is InChI=1S/C22H19N3O7S3/c1-32-22(24-15(26)12-35(31)13-7-3-2-4-8-13)20(30)25-17(18(27)28)14(11-33-21(22)25)19(29)34-16-9-5-6-10-23-16/h2-10,21H,11-12H2,1H3,(H,24,26)(H,27,28)/t21-,22-,35?/m0/s1. The maximum atomic E-state index is 13.2. The van der Waals surface area contributed by atoms with Crippen LogP contribution in [0.25, 0.3) is 0 Å². The molecule has 1 unspecified atom stereocenters. The summed E-state index contributed by atoms with van der Waals surface area (Å²) in [5.41, 5.74) is -2.35. The van der Waals surface area contributed by atoms with Crippen molar-refractivity contribution in [2.24, 2.45) is 0 Å². The summed E-state index contributed by atoms with van der Waals surface area (Å²) in [4.78, 5) is 56.2. The Morgan fingerprint density at radius 2 is 2.00 bits per heavy atom. The second-order valence-corrected chi connectivity index (χ2v) is 10.8. The van der Waals surface area contributed by atoms with Crippen LogP contribution in [0, 0.1) is 0 Å². The number of carbonyl (C=O) groups excluding carboxylic acids is 3. The number of methoxy groups -OCH3 is 1. The zero-order valence-electron chi connectivity index (χ0n) is 18.2. The van der Waals surface area contributed by atoms with E-state index in [1.807, 2.05) is 0 Å². The first-order valence-electron chi connectivity index (χ1n) is 10.1. The Balaban J connectivity index is 1.53. The van der Waals surface area contributed by atoms with Crippen molar-refractivity contribution in [3.63, 3.8) is 0 Å². The maximum absolute atomic E-state index is 13.2. The van der Waals surface area contributed by atoms with Crippen molar-refractivity contribution >= 4 is 57.6 Å². The van der Waals surface area contributed by atoms with E-state index >= 15 is 0 Å². The first-order chi connectivity index (χ1) is 16.8. The van der Waals surface area contributed by atoms with Gasteiger partial charge in [0.1, 0.15) is 16.1 Å². The summed E-state index contributed by atoms with van der Waals surface area (Å²) in [5, 5.41) is 11.2. The number of aliphatic carboxylic acids is 1. The molecule has 2 amide bonds. The molecule has 0 bridgehead atoms. The molecule has 2 aromatic rings. The molecule has 0 aliphatic carbocycles. The molecule has 10 nitrogen and oxygen atoms in total. The zero-order valence-corrected chi connectivity index (χ0v) is 20.7. The molecule has 1 saturated heterocycles. The van der Waals surface area contributed by atoms with Gasteiger partial charge in [0.25, 0.3) is 17.5 Å². The van der Waals surface area contributed by atoms with Crippen molar-refractivity contribution in [1.29, 1.82) is 0 Å². The van der Waals surface area contributed by atoms with Gasteiger partial charge in [0, 0.05) is 24.6 Å². The molecule has 0 radical (unpaired) electrons. The molecule has 13 heteroatoms. The minimum atomic E-state index is -1.84. The number of nitrogens with one attached hydrogen (secondary N) is 1. The highest BCUT2D eigenvalue weighted by Crippen LogP contribution is 2.47. The number of fused-ring (bicyclic) bond motifs is 1. The van der Waals surface area contributed by atoms with E-state index in [0.717, 1.165) is 28.4 Å². The topological polar surface area (TPSA) is 149 Å². The molecule has 0 spiro atoms. The predicted octanol–water partition coefficient (Wildman–Crippen LogP) is 1.22. The Labute approximate surface area is 211 Å². The van der Waals surface area contributed by atoms with Crippen LogP contribution >= 0.6 is 23.5 Å². The number of ether oxygens (including phenoxy) is 1. The van der Waals surface area contributed by atoms with Crippen molar-refractivity contribution in [3.05, 3.63) is 66.0 Å². The Kier molecular flexibility index (Phi) is 7.52. The van der Waals surface area contributed by atoms with Gasteiger partial charge >= 0.3 is 5.97 Å². The van der Waals surface area contributed by atoms with Crippen LogP contribution in [0.4, 0.5) is 0 Å². The molecule has 3 heterocycles. The normalized spacial score (nSPS) is 22.2. The number of carbonyl (C=O) groups is 4. The summed E-state index contributed by atoms with van der Waals surface area (Å²) in [6.45, 7) is 0. The van der Waals surface area contributed by atoms with E-state index in [-0.39, 0.29) is 11.3 Å². The van der Waals surface area contributed by atoms with Crippen LogP contribution in [0.3, 0.4) is 0 Å². The average Bonchev–Trinajstić information content (AvgIpc) is 2.87. The largest absolute Gasteiger partial charge is 0.611 e. The number of hydrogen-bond acceptors (Lipinski definition) is 9. The molecule has 2 aliphatic heterocycles.